The Morgan fingerprint density at radius 2 is 1.69 bits per heavy atom. The van der Waals surface area contributed by atoms with E-state index in [1.54, 1.807) is 0 Å². The van der Waals surface area contributed by atoms with Gasteiger partial charge in [-0.25, -0.2) is 0 Å². The minimum atomic E-state index is 0.163. The molecular formula is C15H23Cl. The number of aryl methyl sites for hydroxylation is 1. The molecule has 2 unspecified atom stereocenters. The van der Waals surface area contributed by atoms with E-state index in [9.17, 15) is 0 Å². The molecule has 0 aliphatic carbocycles. The van der Waals surface area contributed by atoms with Crippen LogP contribution in [0.1, 0.15) is 56.5 Å². The minimum absolute atomic E-state index is 0.163. The molecule has 1 aromatic carbocycles. The van der Waals surface area contributed by atoms with Gasteiger partial charge in [0.15, 0.2) is 0 Å². The van der Waals surface area contributed by atoms with Crippen LogP contribution in [-0.2, 0) is 6.42 Å². The third-order valence-corrected chi connectivity index (χ3v) is 3.76. The predicted octanol–water partition coefficient (Wildman–Crippen LogP) is 5.36. The first-order chi connectivity index (χ1) is 7.69. The third kappa shape index (κ3) is 3.83. The van der Waals surface area contributed by atoms with E-state index in [0.717, 1.165) is 6.42 Å². The maximum atomic E-state index is 6.46. The lowest BCUT2D eigenvalue weighted by molar-refractivity contribution is 0.507. The number of hydrogen-bond donors (Lipinski definition) is 0. The van der Waals surface area contributed by atoms with Gasteiger partial charge in [-0.1, -0.05) is 57.9 Å². The fraction of sp³-hybridized carbons (Fsp3) is 0.600. The lowest BCUT2D eigenvalue weighted by Gasteiger charge is -2.17. The second kappa shape index (κ2) is 6.96. The number of halogens is 1. The molecule has 0 heterocycles. The zero-order valence-corrected chi connectivity index (χ0v) is 11.4. The molecule has 0 saturated heterocycles. The summed E-state index contributed by atoms with van der Waals surface area (Å²) in [6, 6.07) is 8.81. The summed E-state index contributed by atoms with van der Waals surface area (Å²) in [7, 11) is 0. The first kappa shape index (κ1) is 13.6. The van der Waals surface area contributed by atoms with Gasteiger partial charge in [0, 0.05) is 0 Å². The zero-order valence-electron chi connectivity index (χ0n) is 10.7. The van der Waals surface area contributed by atoms with Gasteiger partial charge in [0.2, 0.25) is 0 Å². The van der Waals surface area contributed by atoms with Crippen molar-refractivity contribution < 1.29 is 0 Å². The summed E-state index contributed by atoms with van der Waals surface area (Å²) < 4.78 is 0. The Morgan fingerprint density at radius 3 is 2.19 bits per heavy atom. The van der Waals surface area contributed by atoms with Crippen LogP contribution >= 0.6 is 11.6 Å². The highest BCUT2D eigenvalue weighted by atomic mass is 35.5. The normalized spacial score (nSPS) is 14.8. The van der Waals surface area contributed by atoms with Gasteiger partial charge >= 0.3 is 0 Å². The van der Waals surface area contributed by atoms with Crippen LogP contribution in [-0.4, -0.2) is 0 Å². The molecule has 0 spiro atoms. The van der Waals surface area contributed by atoms with Crippen LogP contribution in [0.4, 0.5) is 0 Å². The van der Waals surface area contributed by atoms with E-state index in [1.165, 1.54) is 30.4 Å². The second-order valence-corrected chi connectivity index (χ2v) is 5.13. The van der Waals surface area contributed by atoms with Gasteiger partial charge in [-0.05, 0) is 29.9 Å². The molecule has 0 nitrogen and oxygen atoms in total. The largest absolute Gasteiger partial charge is 0.118 e. The molecule has 16 heavy (non-hydrogen) atoms. The van der Waals surface area contributed by atoms with Crippen LogP contribution in [0.15, 0.2) is 24.3 Å². The van der Waals surface area contributed by atoms with Crippen LogP contribution < -0.4 is 0 Å². The molecular weight excluding hydrogens is 216 g/mol. The molecule has 90 valence electrons. The van der Waals surface area contributed by atoms with Crippen molar-refractivity contribution in [2.75, 3.05) is 0 Å². The van der Waals surface area contributed by atoms with Crippen LogP contribution in [0.3, 0.4) is 0 Å². The average molecular weight is 239 g/mol. The topological polar surface area (TPSA) is 0 Å². The highest BCUT2D eigenvalue weighted by Crippen LogP contribution is 2.31. The Balaban J connectivity index is 2.65. The number of hydrogen-bond acceptors (Lipinski definition) is 0. The lowest BCUT2D eigenvalue weighted by atomic mass is 9.95. The number of rotatable bonds is 6. The van der Waals surface area contributed by atoms with Gasteiger partial charge in [0.05, 0.1) is 5.38 Å². The van der Waals surface area contributed by atoms with Gasteiger partial charge in [-0.2, -0.15) is 0 Å². The van der Waals surface area contributed by atoms with E-state index in [0.29, 0.717) is 5.92 Å². The Kier molecular flexibility index (Phi) is 5.90. The van der Waals surface area contributed by atoms with E-state index in [1.807, 2.05) is 0 Å². The standard InChI is InChI=1S/C15H23Cl/c1-4-6-12(3)15(16)14-10-8-13(7-5-2)9-11-14/h8-12,15H,4-7H2,1-3H3. The fourth-order valence-electron chi connectivity index (χ4n) is 2.09. The molecule has 0 saturated carbocycles. The molecule has 2 atom stereocenters. The van der Waals surface area contributed by atoms with Gasteiger partial charge in [-0.15, -0.1) is 11.6 Å². The molecule has 0 aliphatic heterocycles. The van der Waals surface area contributed by atoms with Gasteiger partial charge in [-0.3, -0.25) is 0 Å². The van der Waals surface area contributed by atoms with Gasteiger partial charge < -0.3 is 0 Å². The molecule has 0 aromatic heterocycles. The van der Waals surface area contributed by atoms with Gasteiger partial charge in [0.1, 0.15) is 0 Å². The molecule has 0 amide bonds. The average Bonchev–Trinajstić information content (AvgIpc) is 2.30. The Labute approximate surface area is 105 Å². The van der Waals surface area contributed by atoms with Crippen LogP contribution in [0.2, 0.25) is 0 Å². The van der Waals surface area contributed by atoms with E-state index in [2.05, 4.69) is 45.0 Å². The molecule has 1 heteroatoms. The predicted molar refractivity (Wildman–Crippen MR) is 73.1 cm³/mol. The Hall–Kier alpha value is -0.490. The summed E-state index contributed by atoms with van der Waals surface area (Å²) in [5, 5.41) is 0.163. The number of alkyl halides is 1. The lowest BCUT2D eigenvalue weighted by Crippen LogP contribution is -2.03. The first-order valence-electron chi connectivity index (χ1n) is 6.41. The van der Waals surface area contributed by atoms with Crippen LogP contribution in [0.5, 0.6) is 0 Å². The summed E-state index contributed by atoms with van der Waals surface area (Å²) in [6.45, 7) is 6.66. The molecule has 0 aliphatic rings. The summed E-state index contributed by atoms with van der Waals surface area (Å²) in [5.74, 6) is 0.559. The summed E-state index contributed by atoms with van der Waals surface area (Å²) in [5.41, 5.74) is 2.68. The van der Waals surface area contributed by atoms with E-state index < -0.39 is 0 Å². The molecule has 1 aromatic rings. The van der Waals surface area contributed by atoms with E-state index in [-0.39, 0.29) is 5.38 Å². The molecule has 1 rings (SSSR count). The maximum absolute atomic E-state index is 6.46. The second-order valence-electron chi connectivity index (χ2n) is 4.66. The third-order valence-electron chi connectivity index (χ3n) is 3.08. The summed E-state index contributed by atoms with van der Waals surface area (Å²) >= 11 is 6.46. The van der Waals surface area contributed by atoms with Crippen molar-refractivity contribution in [1.82, 2.24) is 0 Å². The molecule has 0 bridgehead atoms. The molecule has 0 fully saturated rings. The Morgan fingerprint density at radius 1 is 1.06 bits per heavy atom. The zero-order chi connectivity index (χ0) is 12.0. The van der Waals surface area contributed by atoms with Crippen molar-refractivity contribution in [2.24, 2.45) is 5.92 Å². The van der Waals surface area contributed by atoms with Crippen molar-refractivity contribution in [3.63, 3.8) is 0 Å². The molecule has 0 radical (unpaired) electrons. The van der Waals surface area contributed by atoms with Crippen molar-refractivity contribution in [1.29, 1.82) is 0 Å². The minimum Gasteiger partial charge on any atom is -0.118 e. The van der Waals surface area contributed by atoms with Crippen LogP contribution in [0.25, 0.3) is 0 Å². The summed E-state index contributed by atoms with van der Waals surface area (Å²) in [6.07, 6.45) is 4.77. The van der Waals surface area contributed by atoms with Crippen molar-refractivity contribution >= 4 is 11.6 Å². The monoisotopic (exact) mass is 238 g/mol. The smallest absolute Gasteiger partial charge is 0.0610 e. The maximum Gasteiger partial charge on any atom is 0.0610 e. The first-order valence-corrected chi connectivity index (χ1v) is 6.85. The van der Waals surface area contributed by atoms with E-state index in [4.69, 9.17) is 11.6 Å². The highest BCUT2D eigenvalue weighted by Gasteiger charge is 2.15. The summed E-state index contributed by atoms with van der Waals surface area (Å²) in [4.78, 5) is 0. The highest BCUT2D eigenvalue weighted by molar-refractivity contribution is 6.20. The SMILES string of the molecule is CCCc1ccc(C(Cl)C(C)CCC)cc1. The van der Waals surface area contributed by atoms with Crippen molar-refractivity contribution in [2.45, 2.75) is 51.8 Å². The number of benzene rings is 1. The van der Waals surface area contributed by atoms with Crippen molar-refractivity contribution in [3.05, 3.63) is 35.4 Å². The fourth-order valence-corrected chi connectivity index (χ4v) is 2.36. The van der Waals surface area contributed by atoms with Crippen LogP contribution in [0, 0.1) is 5.92 Å². The molecule has 0 N–H and O–H groups in total. The quantitative estimate of drug-likeness (QED) is 0.586. The van der Waals surface area contributed by atoms with Gasteiger partial charge in [0.25, 0.3) is 0 Å². The van der Waals surface area contributed by atoms with E-state index >= 15 is 0 Å². The van der Waals surface area contributed by atoms with Crippen molar-refractivity contribution in [3.8, 4) is 0 Å². The Bertz CT molecular complexity index is 289.